The molecule has 37 heavy (non-hydrogen) atoms. The molecule has 2 aliphatic heterocycles. The van der Waals surface area contributed by atoms with Crippen molar-refractivity contribution in [2.45, 2.75) is 57.7 Å². The summed E-state index contributed by atoms with van der Waals surface area (Å²) in [5.74, 6) is 0.605. The van der Waals surface area contributed by atoms with Crippen molar-refractivity contribution < 1.29 is 18.0 Å². The monoisotopic (exact) mass is 517 g/mol. The third-order valence-corrected chi connectivity index (χ3v) is 7.39. The van der Waals surface area contributed by atoms with Crippen molar-refractivity contribution in [1.29, 1.82) is 0 Å². The van der Waals surface area contributed by atoms with Crippen LogP contribution in [0, 0.1) is 0 Å². The normalized spacial score (nSPS) is 18.2. The van der Waals surface area contributed by atoms with Gasteiger partial charge >= 0.3 is 6.18 Å². The van der Waals surface area contributed by atoms with E-state index in [-0.39, 0.29) is 17.4 Å². The van der Waals surface area contributed by atoms with Gasteiger partial charge in [-0.2, -0.15) is 13.2 Å². The number of anilines is 2. The Kier molecular flexibility index (Phi) is 8.31. The quantitative estimate of drug-likeness (QED) is 0.602. The number of rotatable bonds is 6. The van der Waals surface area contributed by atoms with Crippen molar-refractivity contribution in [3.05, 3.63) is 53.7 Å². The van der Waals surface area contributed by atoms with Crippen LogP contribution in [-0.2, 0) is 16.4 Å². The maximum absolute atomic E-state index is 12.7. The minimum Gasteiger partial charge on any atom is -0.369 e. The third kappa shape index (κ3) is 7.37. The number of halogens is 3. The van der Waals surface area contributed by atoms with Gasteiger partial charge in [0.05, 0.1) is 5.56 Å². The second-order valence-electron chi connectivity index (χ2n) is 11.1. The Morgan fingerprint density at radius 3 is 2.05 bits per heavy atom. The van der Waals surface area contributed by atoms with Crippen LogP contribution in [0.1, 0.15) is 51.2 Å². The van der Waals surface area contributed by atoms with Crippen LogP contribution in [0.3, 0.4) is 0 Å². The molecule has 2 aliphatic rings. The number of hydrogen-bond acceptors (Lipinski definition) is 5. The zero-order valence-electron chi connectivity index (χ0n) is 22.0. The molecule has 6 nitrogen and oxygen atoms in total. The number of amides is 1. The van der Waals surface area contributed by atoms with Crippen LogP contribution in [0.25, 0.3) is 0 Å². The molecule has 0 bridgehead atoms. The molecular weight excluding hydrogens is 479 g/mol. The van der Waals surface area contributed by atoms with Crippen LogP contribution in [0.4, 0.5) is 24.7 Å². The van der Waals surface area contributed by atoms with Gasteiger partial charge in [0.25, 0.3) is 0 Å². The maximum Gasteiger partial charge on any atom is 0.417 e. The molecule has 1 amide bonds. The summed E-state index contributed by atoms with van der Waals surface area (Å²) >= 11 is 0. The fourth-order valence-corrected chi connectivity index (χ4v) is 4.96. The highest BCUT2D eigenvalue weighted by atomic mass is 19.4. The van der Waals surface area contributed by atoms with Crippen molar-refractivity contribution in [2.24, 2.45) is 0 Å². The molecule has 0 atom stereocenters. The van der Waals surface area contributed by atoms with Crippen molar-refractivity contribution in [2.75, 3.05) is 55.6 Å². The zero-order chi connectivity index (χ0) is 26.6. The van der Waals surface area contributed by atoms with Crippen molar-refractivity contribution in [3.63, 3.8) is 0 Å². The molecule has 1 N–H and O–H groups in total. The highest BCUT2D eigenvalue weighted by molar-refractivity contribution is 5.76. The molecule has 0 unspecified atom stereocenters. The number of carbonyl (C=O) groups is 1. The van der Waals surface area contributed by atoms with E-state index < -0.39 is 11.7 Å². The topological polar surface area (TPSA) is 51.7 Å². The van der Waals surface area contributed by atoms with Gasteiger partial charge in [0.2, 0.25) is 5.91 Å². The molecule has 0 saturated carbocycles. The molecule has 0 radical (unpaired) electrons. The first-order valence-electron chi connectivity index (χ1n) is 13.1. The highest BCUT2D eigenvalue weighted by Gasteiger charge is 2.31. The molecule has 1 aromatic carbocycles. The lowest BCUT2D eigenvalue weighted by atomic mass is 9.87. The first kappa shape index (κ1) is 27.2. The molecular formula is C28H38F3N5O. The summed E-state index contributed by atoms with van der Waals surface area (Å²) in [6, 6.07) is 11.4. The number of piperazine rings is 1. The standard InChI is InChI=1S/C28H38F3N5O/c1-27(2,3)21-4-7-24(8-5-21)35-18-16-34(17-19-35)13-12-26(37)33-23-10-14-36(15-11-23)25-9-6-22(20-32-25)28(29,30)31/h4-9,20,23H,10-19H2,1-3H3,(H,33,37). The largest absolute Gasteiger partial charge is 0.417 e. The molecule has 2 aromatic rings. The van der Waals surface area contributed by atoms with E-state index in [1.807, 2.05) is 4.90 Å². The van der Waals surface area contributed by atoms with Crippen LogP contribution < -0.4 is 15.1 Å². The Labute approximate surface area is 217 Å². The van der Waals surface area contributed by atoms with Crippen molar-refractivity contribution >= 4 is 17.4 Å². The first-order chi connectivity index (χ1) is 17.5. The molecule has 2 fully saturated rings. The smallest absolute Gasteiger partial charge is 0.369 e. The van der Waals surface area contributed by atoms with Gasteiger partial charge in [0.15, 0.2) is 0 Å². The van der Waals surface area contributed by atoms with E-state index >= 15 is 0 Å². The Hall–Kier alpha value is -2.81. The number of nitrogens with zero attached hydrogens (tertiary/aromatic N) is 4. The number of carbonyl (C=O) groups excluding carboxylic acids is 1. The van der Waals surface area contributed by atoms with Gasteiger partial charge in [-0.3, -0.25) is 9.69 Å². The lowest BCUT2D eigenvalue weighted by molar-refractivity contribution is -0.137. The second-order valence-corrected chi connectivity index (χ2v) is 11.1. The number of nitrogens with one attached hydrogen (secondary N) is 1. The summed E-state index contributed by atoms with van der Waals surface area (Å²) in [4.78, 5) is 23.3. The molecule has 4 rings (SSSR count). The third-order valence-electron chi connectivity index (χ3n) is 7.39. The average molecular weight is 518 g/mol. The summed E-state index contributed by atoms with van der Waals surface area (Å²) in [6.07, 6.45) is -1.52. The van der Waals surface area contributed by atoms with Crippen molar-refractivity contribution in [1.82, 2.24) is 15.2 Å². The number of aromatic nitrogens is 1. The van der Waals surface area contributed by atoms with E-state index in [0.717, 1.165) is 57.8 Å². The predicted octanol–water partition coefficient (Wildman–Crippen LogP) is 4.70. The SMILES string of the molecule is CC(C)(C)c1ccc(N2CCN(CCC(=O)NC3CCN(c4ccc(C(F)(F)F)cn4)CC3)CC2)cc1. The minimum atomic E-state index is -4.38. The Bertz CT molecular complexity index is 1020. The number of pyridine rings is 1. The Morgan fingerprint density at radius 1 is 0.892 bits per heavy atom. The lowest BCUT2D eigenvalue weighted by Gasteiger charge is -2.36. The van der Waals surface area contributed by atoms with Crippen LogP contribution in [-0.4, -0.2) is 67.6 Å². The molecule has 0 spiro atoms. The first-order valence-corrected chi connectivity index (χ1v) is 13.1. The molecule has 3 heterocycles. The van der Waals surface area contributed by atoms with E-state index in [9.17, 15) is 18.0 Å². The summed E-state index contributed by atoms with van der Waals surface area (Å²) in [5, 5.41) is 3.14. The number of alkyl halides is 3. The Balaban J connectivity index is 1.14. The summed E-state index contributed by atoms with van der Waals surface area (Å²) in [5.41, 5.74) is 2.00. The predicted molar refractivity (Wildman–Crippen MR) is 141 cm³/mol. The van der Waals surface area contributed by atoms with Crippen LogP contribution in [0.5, 0.6) is 0 Å². The molecule has 1 aromatic heterocycles. The molecule has 0 aliphatic carbocycles. The summed E-state index contributed by atoms with van der Waals surface area (Å²) < 4.78 is 38.2. The molecule has 9 heteroatoms. The molecule has 202 valence electrons. The maximum atomic E-state index is 12.7. The molecule has 2 saturated heterocycles. The summed E-state index contributed by atoms with van der Waals surface area (Å²) in [6.45, 7) is 12.5. The van der Waals surface area contributed by atoms with Crippen LogP contribution >= 0.6 is 0 Å². The van der Waals surface area contributed by atoms with Gasteiger partial charge in [-0.25, -0.2) is 4.98 Å². The van der Waals surface area contributed by atoms with E-state index in [2.05, 4.69) is 65.1 Å². The Morgan fingerprint density at radius 2 is 1.51 bits per heavy atom. The van der Waals surface area contributed by atoms with Crippen LogP contribution in [0.15, 0.2) is 42.6 Å². The van der Waals surface area contributed by atoms with Gasteiger partial charge in [-0.05, 0) is 48.1 Å². The fourth-order valence-electron chi connectivity index (χ4n) is 4.96. The van der Waals surface area contributed by atoms with E-state index in [1.54, 1.807) is 0 Å². The van der Waals surface area contributed by atoms with Gasteiger partial charge in [-0.15, -0.1) is 0 Å². The number of hydrogen-bond donors (Lipinski definition) is 1. The average Bonchev–Trinajstić information content (AvgIpc) is 2.87. The van der Waals surface area contributed by atoms with Crippen molar-refractivity contribution in [3.8, 4) is 0 Å². The van der Waals surface area contributed by atoms with Gasteiger partial charge in [0, 0.05) is 70.2 Å². The highest BCUT2D eigenvalue weighted by Crippen LogP contribution is 2.30. The van der Waals surface area contributed by atoms with Gasteiger partial charge in [0.1, 0.15) is 5.82 Å². The number of piperidine rings is 1. The lowest BCUT2D eigenvalue weighted by Crippen LogP contribution is -2.48. The summed E-state index contributed by atoms with van der Waals surface area (Å²) in [7, 11) is 0. The number of benzene rings is 1. The fraction of sp³-hybridized carbons (Fsp3) is 0.571. The zero-order valence-corrected chi connectivity index (χ0v) is 22.0. The van der Waals surface area contributed by atoms with E-state index in [4.69, 9.17) is 0 Å². The van der Waals surface area contributed by atoms with Crippen LogP contribution in [0.2, 0.25) is 0 Å². The van der Waals surface area contributed by atoms with Gasteiger partial charge in [-0.1, -0.05) is 32.9 Å². The van der Waals surface area contributed by atoms with E-state index in [1.165, 1.54) is 17.3 Å². The second kappa shape index (κ2) is 11.3. The minimum absolute atomic E-state index is 0.0614. The van der Waals surface area contributed by atoms with E-state index in [0.29, 0.717) is 25.3 Å². The van der Waals surface area contributed by atoms with Gasteiger partial charge < -0.3 is 15.1 Å².